The largest absolute Gasteiger partial charge is 0.366 e. The van der Waals surface area contributed by atoms with Crippen molar-refractivity contribution in [2.75, 3.05) is 19.6 Å². The number of benzene rings is 1. The first kappa shape index (κ1) is 19.4. The molecule has 160 valence electrons. The predicted molar refractivity (Wildman–Crippen MR) is 116 cm³/mol. The van der Waals surface area contributed by atoms with Crippen molar-refractivity contribution in [3.05, 3.63) is 35.7 Å². The third kappa shape index (κ3) is 3.48. The molecule has 0 unspecified atom stereocenters. The number of aromatic nitrogens is 7. The summed E-state index contributed by atoms with van der Waals surface area (Å²) >= 11 is 0. The van der Waals surface area contributed by atoms with Crippen molar-refractivity contribution in [3.63, 3.8) is 0 Å². The first-order valence-electron chi connectivity index (χ1n) is 10.5. The zero-order valence-corrected chi connectivity index (χ0v) is 17.7. The van der Waals surface area contributed by atoms with Crippen LogP contribution in [0.4, 0.5) is 0 Å². The first-order valence-corrected chi connectivity index (χ1v) is 10.5. The number of hydrogen-bond donors (Lipinski definition) is 2. The highest BCUT2D eigenvalue weighted by molar-refractivity contribution is 6.02. The van der Waals surface area contributed by atoms with Crippen LogP contribution in [-0.4, -0.2) is 65.2 Å². The number of aromatic amines is 1. The molecule has 10 heteroatoms. The summed E-state index contributed by atoms with van der Waals surface area (Å²) in [5.41, 5.74) is 9.43. The van der Waals surface area contributed by atoms with Crippen molar-refractivity contribution in [1.29, 1.82) is 0 Å². The lowest BCUT2D eigenvalue weighted by Gasteiger charge is -2.30. The van der Waals surface area contributed by atoms with Crippen LogP contribution in [0.2, 0.25) is 0 Å². The molecule has 0 aliphatic carbocycles. The number of nitrogens with two attached hydrogens (primary N) is 1. The highest BCUT2D eigenvalue weighted by Crippen LogP contribution is 2.29. The number of rotatable bonds is 7. The summed E-state index contributed by atoms with van der Waals surface area (Å²) in [5, 5.41) is 18.6. The maximum Gasteiger partial charge on any atom is 0.248 e. The van der Waals surface area contributed by atoms with Crippen LogP contribution in [0, 0.1) is 6.92 Å². The van der Waals surface area contributed by atoms with Crippen molar-refractivity contribution in [1.82, 2.24) is 39.6 Å². The molecule has 3 aromatic heterocycles. The Hall–Kier alpha value is -3.53. The van der Waals surface area contributed by atoms with Gasteiger partial charge >= 0.3 is 0 Å². The molecular weight excluding hydrogens is 394 g/mol. The molecule has 5 rings (SSSR count). The molecule has 4 heterocycles. The number of likely N-dealkylation sites (tertiary alicyclic amines) is 1. The fourth-order valence-electron chi connectivity index (χ4n) is 4.01. The number of carbonyl (C=O) groups is 1. The summed E-state index contributed by atoms with van der Waals surface area (Å²) in [4.78, 5) is 17.7. The lowest BCUT2D eigenvalue weighted by molar-refractivity contribution is 0.100. The summed E-state index contributed by atoms with van der Waals surface area (Å²) in [6.45, 7) is 8.65. The van der Waals surface area contributed by atoms with E-state index in [-0.39, 0.29) is 0 Å². The van der Waals surface area contributed by atoms with E-state index in [1.54, 1.807) is 12.1 Å². The zero-order chi connectivity index (χ0) is 21.5. The molecule has 0 radical (unpaired) electrons. The Morgan fingerprint density at radius 1 is 1.13 bits per heavy atom. The minimum absolute atomic E-state index is 0.417. The monoisotopic (exact) mass is 419 g/mol. The van der Waals surface area contributed by atoms with E-state index in [4.69, 9.17) is 5.73 Å². The van der Waals surface area contributed by atoms with Crippen LogP contribution in [0.3, 0.4) is 0 Å². The first-order chi connectivity index (χ1) is 15.0. The average Bonchev–Trinajstić information content (AvgIpc) is 3.44. The van der Waals surface area contributed by atoms with Gasteiger partial charge in [-0.2, -0.15) is 10.2 Å². The van der Waals surface area contributed by atoms with E-state index in [0.717, 1.165) is 60.6 Å². The normalized spacial score (nSPS) is 14.3. The molecule has 3 N–H and O–H groups in total. The second kappa shape index (κ2) is 7.62. The quantitative estimate of drug-likeness (QED) is 0.471. The number of aryl methyl sites for hydroxylation is 2. The van der Waals surface area contributed by atoms with Gasteiger partial charge in [0.05, 0.1) is 24.0 Å². The number of carbonyl (C=O) groups excluding carboxylic acids is 1. The summed E-state index contributed by atoms with van der Waals surface area (Å²) in [6.07, 6.45) is 3.06. The zero-order valence-electron chi connectivity index (χ0n) is 17.7. The van der Waals surface area contributed by atoms with Crippen LogP contribution >= 0.6 is 0 Å². The van der Waals surface area contributed by atoms with Gasteiger partial charge in [0.2, 0.25) is 5.91 Å². The summed E-state index contributed by atoms with van der Waals surface area (Å²) in [6, 6.07) is 5.52. The summed E-state index contributed by atoms with van der Waals surface area (Å²) in [5.74, 6) is 0.699. The lowest BCUT2D eigenvalue weighted by Crippen LogP contribution is -2.39. The SMILES string of the molecule is CCn1nc(C)cc1-c1nnc(-c2cc(C(N)=O)cc3c2cnn3CCN2CCC2)[nH]1. The Morgan fingerprint density at radius 2 is 1.94 bits per heavy atom. The van der Waals surface area contributed by atoms with E-state index in [9.17, 15) is 4.79 Å². The van der Waals surface area contributed by atoms with Gasteiger partial charge in [0.15, 0.2) is 11.6 Å². The topological polar surface area (TPSA) is 124 Å². The number of H-pyrrole nitrogens is 1. The molecule has 31 heavy (non-hydrogen) atoms. The molecule has 0 saturated carbocycles. The van der Waals surface area contributed by atoms with Crippen molar-refractivity contribution >= 4 is 16.8 Å². The van der Waals surface area contributed by atoms with E-state index in [0.29, 0.717) is 17.2 Å². The second-order valence-electron chi connectivity index (χ2n) is 7.89. The molecule has 4 aromatic rings. The van der Waals surface area contributed by atoms with Crippen LogP contribution in [0.1, 0.15) is 29.4 Å². The Morgan fingerprint density at radius 3 is 2.65 bits per heavy atom. The maximum atomic E-state index is 12.0. The van der Waals surface area contributed by atoms with Gasteiger partial charge in [-0.25, -0.2) is 0 Å². The fourth-order valence-corrected chi connectivity index (χ4v) is 4.01. The van der Waals surface area contributed by atoms with Crippen molar-refractivity contribution in [2.45, 2.75) is 33.4 Å². The van der Waals surface area contributed by atoms with Gasteiger partial charge in [-0.15, -0.1) is 10.2 Å². The van der Waals surface area contributed by atoms with Crippen LogP contribution in [-0.2, 0) is 13.1 Å². The Balaban J connectivity index is 1.56. The number of hydrogen-bond acceptors (Lipinski definition) is 6. The van der Waals surface area contributed by atoms with Gasteiger partial charge in [-0.1, -0.05) is 0 Å². The number of nitrogens with zero attached hydrogens (tertiary/aromatic N) is 7. The van der Waals surface area contributed by atoms with Crippen LogP contribution in [0.25, 0.3) is 33.8 Å². The highest BCUT2D eigenvalue weighted by Gasteiger charge is 2.19. The molecule has 0 atom stereocenters. The second-order valence-corrected chi connectivity index (χ2v) is 7.89. The molecule has 10 nitrogen and oxygen atoms in total. The van der Waals surface area contributed by atoms with Crippen molar-refractivity contribution < 1.29 is 4.79 Å². The van der Waals surface area contributed by atoms with Gasteiger partial charge in [-0.05, 0) is 51.6 Å². The lowest BCUT2D eigenvalue weighted by atomic mass is 10.0. The van der Waals surface area contributed by atoms with E-state index in [2.05, 4.69) is 30.3 Å². The molecule has 1 fully saturated rings. The molecule has 1 aliphatic rings. The van der Waals surface area contributed by atoms with Gasteiger partial charge in [0, 0.05) is 29.6 Å². The molecule has 1 amide bonds. The number of nitrogens with one attached hydrogen (secondary N) is 1. The minimum atomic E-state index is -0.488. The Kier molecular flexibility index (Phi) is 4.78. The third-order valence-electron chi connectivity index (χ3n) is 5.81. The number of primary amides is 1. The molecule has 1 saturated heterocycles. The van der Waals surface area contributed by atoms with Crippen LogP contribution < -0.4 is 5.73 Å². The molecule has 1 aromatic carbocycles. The summed E-state index contributed by atoms with van der Waals surface area (Å²) < 4.78 is 3.80. The maximum absolute atomic E-state index is 12.0. The van der Waals surface area contributed by atoms with E-state index in [1.807, 2.05) is 35.5 Å². The predicted octanol–water partition coefficient (Wildman–Crippen LogP) is 1.82. The van der Waals surface area contributed by atoms with Crippen molar-refractivity contribution in [2.24, 2.45) is 5.73 Å². The summed E-state index contributed by atoms with van der Waals surface area (Å²) in [7, 11) is 0. The average molecular weight is 419 g/mol. The van der Waals surface area contributed by atoms with E-state index < -0.39 is 5.91 Å². The third-order valence-corrected chi connectivity index (χ3v) is 5.81. The minimum Gasteiger partial charge on any atom is -0.366 e. The molecule has 0 bridgehead atoms. The molecule has 0 spiro atoms. The fraction of sp³-hybridized carbons (Fsp3) is 0.381. The number of fused-ring (bicyclic) bond motifs is 1. The van der Waals surface area contributed by atoms with Crippen LogP contribution in [0.15, 0.2) is 24.4 Å². The molecule has 1 aliphatic heterocycles. The molecular formula is C21H25N9O. The standard InChI is InChI=1S/C21H25N9O/c1-3-29-18(9-13(2)27-29)21-24-20(25-26-21)15-10-14(19(22)31)11-17-16(15)12-23-30(17)8-7-28-5-4-6-28/h9-12H,3-8H2,1-2H3,(H2,22,31)(H,24,25,26). The van der Waals surface area contributed by atoms with E-state index in [1.165, 1.54) is 6.42 Å². The highest BCUT2D eigenvalue weighted by atomic mass is 16.1. The van der Waals surface area contributed by atoms with Gasteiger partial charge in [0.25, 0.3) is 0 Å². The Bertz CT molecular complexity index is 1260. The smallest absolute Gasteiger partial charge is 0.248 e. The van der Waals surface area contributed by atoms with Crippen LogP contribution in [0.5, 0.6) is 0 Å². The van der Waals surface area contributed by atoms with Crippen molar-refractivity contribution in [3.8, 4) is 22.9 Å². The Labute approximate surface area is 179 Å². The van der Waals surface area contributed by atoms with Gasteiger partial charge < -0.3 is 15.6 Å². The van der Waals surface area contributed by atoms with Gasteiger partial charge in [0.1, 0.15) is 5.69 Å². The van der Waals surface area contributed by atoms with Gasteiger partial charge in [-0.3, -0.25) is 14.2 Å². The van der Waals surface area contributed by atoms with E-state index >= 15 is 0 Å². The number of amides is 1.